The SMILES string of the molecule is O=c1c2c(n(Cc3ccccc3)c(=O)n1Cc1ccccc1)-c1nc-2c(-c2ccccc2)c2[nH]c(c(-c3ccccc3)c3nc(c(-c4ccccc4)c4[nH]c(c1-c1ccccc1)c1c(=O)n(Cc5ccccc5)c(=O)n(Cc5ccccc5)c41)-c1c-3n(Cc3ccccc3)c(=O)n(Cc3ccccc3)c1=O)c1c(=O)n(Cc3ccccc3)c(=O)n(Cc3ccccc3)c21. The fraction of sp³-hybridized carbons (Fsp3) is 0.0741. The normalized spacial score (nSPS) is 11.6. The molecule has 618 valence electrons. The molecule has 0 saturated carbocycles. The minimum absolute atomic E-state index is 0.0110. The standard InChI is InChI=1S/C108H78N12O8/c121-101-85-89-82(78-55-31-10-32-56-78)94-99-87(103(123)119(67-75-49-25-7-26-50-75)107(127)115(99)63-71-41-17-3-18-42-71)91(111-94)84(80-59-35-12-36-60-80)96-100-88(104(124)120(68-76-51-27-8-28-52-76)108(128)116(100)64-72-43-19-4-20-44-72)92(112-96)83(79-57-33-11-34-58-79)95-98-86(102(122)118(66-74-47-23-6-24-48-74)106(126)114(98)62-70-39-15-2-16-40-70)90(110-95)81(77-53-29-9-30-54-77)93(109-89)97(85)113(61-69-37-13-1-14-38-69)105(125)117(101)65-73-45-21-5-22-46-73/h1-60,109,112H,61-68H2. The zero-order valence-electron chi connectivity index (χ0n) is 69.0. The predicted molar refractivity (Wildman–Crippen MR) is 505 cm³/mol. The second-order valence-electron chi connectivity index (χ2n) is 32.2. The summed E-state index contributed by atoms with van der Waals surface area (Å²) in [5, 5.41) is -0.0948. The molecule has 8 heterocycles. The molecule has 18 aromatic rings. The molecule has 0 atom stereocenters. The third kappa shape index (κ3) is 13.8. The van der Waals surface area contributed by atoms with Gasteiger partial charge in [0.05, 0.1) is 142 Å². The molecule has 0 fully saturated rings. The maximum Gasteiger partial charge on any atom is 0.332 e. The molecular formula is C108H78N12O8. The number of nitrogens with one attached hydrogen (secondary N) is 2. The van der Waals surface area contributed by atoms with Crippen molar-refractivity contribution in [3.8, 4) is 89.8 Å². The lowest BCUT2D eigenvalue weighted by molar-refractivity contribution is 0.621. The van der Waals surface area contributed by atoms with E-state index < -0.39 is 45.0 Å². The van der Waals surface area contributed by atoms with Crippen LogP contribution in [-0.4, -0.2) is 56.5 Å². The van der Waals surface area contributed by atoms with Gasteiger partial charge in [-0.25, -0.2) is 29.1 Å². The molecular weight excluding hydrogens is 1590 g/mol. The number of rotatable bonds is 20. The molecule has 12 aromatic carbocycles. The first-order chi connectivity index (χ1) is 62.9. The summed E-state index contributed by atoms with van der Waals surface area (Å²) in [5.41, 5.74) is 1.93. The van der Waals surface area contributed by atoms with E-state index >= 15 is 38.4 Å². The molecule has 3 aliphatic rings. The van der Waals surface area contributed by atoms with E-state index in [0.29, 0.717) is 66.8 Å². The summed E-state index contributed by atoms with van der Waals surface area (Å²) in [4.78, 5) is 159. The van der Waals surface area contributed by atoms with Gasteiger partial charge in [-0.1, -0.05) is 364 Å². The fourth-order valence-electron chi connectivity index (χ4n) is 18.4. The van der Waals surface area contributed by atoms with Gasteiger partial charge < -0.3 is 9.97 Å². The van der Waals surface area contributed by atoms with Crippen molar-refractivity contribution < 1.29 is 0 Å². The molecule has 0 amide bonds. The van der Waals surface area contributed by atoms with Crippen LogP contribution in [0, 0.1) is 0 Å². The van der Waals surface area contributed by atoms with Crippen molar-refractivity contribution in [2.24, 2.45) is 0 Å². The van der Waals surface area contributed by atoms with Crippen LogP contribution in [0.5, 0.6) is 0 Å². The van der Waals surface area contributed by atoms with Crippen molar-refractivity contribution in [3.05, 3.63) is 492 Å². The number of H-pyrrole nitrogens is 2. The minimum Gasteiger partial charge on any atom is -0.352 e. The summed E-state index contributed by atoms with van der Waals surface area (Å²) in [6.07, 6.45) is 0. The molecule has 0 unspecified atom stereocenters. The Hall–Kier alpha value is -17.0. The molecule has 0 radical (unpaired) electrons. The van der Waals surface area contributed by atoms with Crippen molar-refractivity contribution in [3.63, 3.8) is 0 Å². The second kappa shape index (κ2) is 33.0. The van der Waals surface area contributed by atoms with Crippen LogP contribution in [0.3, 0.4) is 0 Å². The van der Waals surface area contributed by atoms with Crippen LogP contribution < -0.4 is 45.0 Å². The van der Waals surface area contributed by atoms with Gasteiger partial charge in [-0.3, -0.25) is 55.7 Å². The largest absolute Gasteiger partial charge is 0.352 e. The minimum atomic E-state index is -0.766. The zero-order chi connectivity index (χ0) is 86.6. The number of hydrogen-bond acceptors (Lipinski definition) is 10. The Labute approximate surface area is 730 Å². The Morgan fingerprint density at radius 3 is 0.609 bits per heavy atom. The Morgan fingerprint density at radius 2 is 0.375 bits per heavy atom. The van der Waals surface area contributed by atoms with E-state index in [1.165, 1.54) is 18.3 Å². The lowest BCUT2D eigenvalue weighted by Gasteiger charge is -2.18. The van der Waals surface area contributed by atoms with Gasteiger partial charge in [0.1, 0.15) is 0 Å². The van der Waals surface area contributed by atoms with Gasteiger partial charge in [0.2, 0.25) is 0 Å². The smallest absolute Gasteiger partial charge is 0.332 e. The summed E-state index contributed by atoms with van der Waals surface area (Å²) in [7, 11) is 0. The topological polar surface area (TPSA) is 233 Å². The summed E-state index contributed by atoms with van der Waals surface area (Å²) >= 11 is 0. The van der Waals surface area contributed by atoms with Crippen molar-refractivity contribution in [1.82, 2.24) is 56.5 Å². The monoisotopic (exact) mass is 1670 g/mol. The van der Waals surface area contributed by atoms with E-state index in [2.05, 4.69) is 9.97 Å². The average molecular weight is 1670 g/mol. The van der Waals surface area contributed by atoms with Crippen molar-refractivity contribution >= 4 is 43.9 Å². The average Bonchev–Trinajstić information content (AvgIpc) is 1.53. The molecule has 20 nitrogen and oxygen atoms in total. The quantitative estimate of drug-likeness (QED) is 0.0732. The Kier molecular flexibility index (Phi) is 20.2. The van der Waals surface area contributed by atoms with Crippen LogP contribution in [-0.2, 0) is 52.4 Å². The van der Waals surface area contributed by atoms with Crippen molar-refractivity contribution in [1.29, 1.82) is 0 Å². The predicted octanol–water partition coefficient (Wildman–Crippen LogP) is 17.6. The van der Waals surface area contributed by atoms with Crippen molar-refractivity contribution in [2.75, 3.05) is 0 Å². The maximum atomic E-state index is 17.6. The highest BCUT2D eigenvalue weighted by molar-refractivity contribution is 6.20. The van der Waals surface area contributed by atoms with Gasteiger partial charge in [0, 0.05) is 22.3 Å². The van der Waals surface area contributed by atoms with E-state index in [9.17, 15) is 0 Å². The molecule has 20 heteroatoms. The Bertz CT molecular complexity index is 7820. The van der Waals surface area contributed by atoms with Gasteiger partial charge in [-0.2, -0.15) is 0 Å². The van der Waals surface area contributed by atoms with E-state index in [4.69, 9.17) is 9.97 Å². The van der Waals surface area contributed by atoms with Gasteiger partial charge in [-0.15, -0.1) is 0 Å². The summed E-state index contributed by atoms with van der Waals surface area (Å²) in [6.45, 7) is -1.51. The van der Waals surface area contributed by atoms with E-state index in [1.807, 2.05) is 364 Å². The highest BCUT2D eigenvalue weighted by Gasteiger charge is 2.39. The molecule has 1 aliphatic carbocycles. The zero-order valence-corrected chi connectivity index (χ0v) is 69.0. The Balaban J connectivity index is 1.12. The molecule has 128 heavy (non-hydrogen) atoms. The molecule has 6 aromatic heterocycles. The van der Waals surface area contributed by atoms with Crippen LogP contribution in [0.25, 0.3) is 134 Å². The number of hydrogen-bond donors (Lipinski definition) is 2. The third-order valence-electron chi connectivity index (χ3n) is 24.2. The van der Waals surface area contributed by atoms with Crippen molar-refractivity contribution in [2.45, 2.75) is 52.4 Å². The van der Waals surface area contributed by atoms with Crippen LogP contribution in [0.1, 0.15) is 44.5 Å². The fourth-order valence-corrected chi connectivity index (χ4v) is 18.4. The molecule has 2 aliphatic heterocycles. The first-order valence-electron chi connectivity index (χ1n) is 42.4. The molecule has 2 N–H and O–H groups in total. The third-order valence-corrected chi connectivity index (χ3v) is 24.2. The second-order valence-corrected chi connectivity index (χ2v) is 32.2. The van der Waals surface area contributed by atoms with Crippen LogP contribution in [0.4, 0.5) is 0 Å². The van der Waals surface area contributed by atoms with Crippen LogP contribution in [0.2, 0.25) is 0 Å². The highest BCUT2D eigenvalue weighted by Crippen LogP contribution is 2.51. The molecule has 0 saturated heterocycles. The summed E-state index contributed by atoms with van der Waals surface area (Å²) in [6, 6.07) is 112. The lowest BCUT2D eigenvalue weighted by atomic mass is 9.96. The van der Waals surface area contributed by atoms with Crippen LogP contribution in [0.15, 0.2) is 402 Å². The lowest BCUT2D eigenvalue weighted by Crippen LogP contribution is -2.41. The summed E-state index contributed by atoms with van der Waals surface area (Å²) in [5.74, 6) is 0. The van der Waals surface area contributed by atoms with E-state index in [-0.39, 0.29) is 164 Å². The van der Waals surface area contributed by atoms with Gasteiger partial charge in [0.25, 0.3) is 22.2 Å². The number of aromatic amines is 2. The van der Waals surface area contributed by atoms with Gasteiger partial charge in [0.15, 0.2) is 0 Å². The molecule has 21 rings (SSSR count). The Morgan fingerprint density at radius 1 is 0.188 bits per heavy atom. The number of nitrogens with zero attached hydrogens (tertiary/aromatic N) is 10. The molecule has 0 spiro atoms. The van der Waals surface area contributed by atoms with E-state index in [1.54, 1.807) is 18.3 Å². The summed E-state index contributed by atoms with van der Waals surface area (Å²) < 4.78 is 11.2. The van der Waals surface area contributed by atoms with Gasteiger partial charge in [-0.05, 0) is 66.8 Å². The van der Waals surface area contributed by atoms with Gasteiger partial charge >= 0.3 is 22.8 Å². The first-order valence-corrected chi connectivity index (χ1v) is 42.4. The highest BCUT2D eigenvalue weighted by atomic mass is 16.2. The van der Waals surface area contributed by atoms with E-state index in [0.717, 1.165) is 0 Å². The number of benzene rings is 12. The first kappa shape index (κ1) is 78.3. The maximum absolute atomic E-state index is 17.6. The van der Waals surface area contributed by atoms with Crippen LogP contribution >= 0.6 is 0 Å². The number of aromatic nitrogens is 12. The molecule has 8 bridgehead atoms.